The molecule has 5 heteroatoms. The van der Waals surface area contributed by atoms with E-state index in [-0.39, 0.29) is 4.90 Å². The predicted octanol–water partition coefficient (Wildman–Crippen LogP) is 4.78. The molecule has 0 spiro atoms. The summed E-state index contributed by atoms with van der Waals surface area (Å²) in [6.45, 7) is 3.82. The molecule has 0 aromatic heterocycles. The van der Waals surface area contributed by atoms with E-state index in [4.69, 9.17) is 0 Å². The highest BCUT2D eigenvalue weighted by atomic mass is 32.2. The first-order chi connectivity index (χ1) is 13.5. The number of hydrogen-bond acceptors (Lipinski definition) is 3. The first-order valence-electron chi connectivity index (χ1n) is 8.90. The van der Waals surface area contributed by atoms with Gasteiger partial charge in [-0.2, -0.15) is 13.5 Å². The van der Waals surface area contributed by atoms with Crippen LogP contribution in [0.1, 0.15) is 23.6 Å². The van der Waals surface area contributed by atoms with Crippen LogP contribution in [-0.2, 0) is 10.0 Å². The van der Waals surface area contributed by atoms with Crippen molar-refractivity contribution in [2.45, 2.75) is 18.7 Å². The van der Waals surface area contributed by atoms with Gasteiger partial charge in [-0.25, -0.2) is 4.83 Å². The molecule has 1 N–H and O–H groups in total. The lowest BCUT2D eigenvalue weighted by molar-refractivity contribution is 0.584. The third-order valence-corrected chi connectivity index (χ3v) is 5.52. The standard InChI is InChI=1S/C23H22N2O2S/c1-18-13-15-22(16-14-18)28(26,27)25-24-17-19(2)23(20-9-5-3-6-10-20)21-11-7-4-8-12-21/h3-17,25H,1-2H3/b24-17+. The SMILES string of the molecule is CC(/C=N/NS(=O)(=O)c1ccc(C)cc1)=C(c1ccccc1)c1ccccc1. The summed E-state index contributed by atoms with van der Waals surface area (Å²) in [5, 5.41) is 3.99. The van der Waals surface area contributed by atoms with E-state index in [2.05, 4.69) is 9.93 Å². The van der Waals surface area contributed by atoms with E-state index >= 15 is 0 Å². The fourth-order valence-corrected chi connectivity index (χ4v) is 3.65. The van der Waals surface area contributed by atoms with Crippen LogP contribution < -0.4 is 4.83 Å². The van der Waals surface area contributed by atoms with Crippen molar-refractivity contribution in [3.05, 3.63) is 107 Å². The Morgan fingerprint density at radius 3 is 1.82 bits per heavy atom. The Labute approximate surface area is 166 Å². The molecular formula is C23H22N2O2S. The number of nitrogens with zero attached hydrogens (tertiary/aromatic N) is 1. The molecule has 142 valence electrons. The quantitative estimate of drug-likeness (QED) is 0.486. The summed E-state index contributed by atoms with van der Waals surface area (Å²) < 4.78 is 24.8. The zero-order valence-corrected chi connectivity index (χ0v) is 16.6. The molecular weight excluding hydrogens is 368 g/mol. The Morgan fingerprint density at radius 2 is 1.32 bits per heavy atom. The molecule has 3 aromatic carbocycles. The second-order valence-electron chi connectivity index (χ2n) is 6.46. The molecule has 0 aliphatic heterocycles. The fraction of sp³-hybridized carbons (Fsp3) is 0.0870. The van der Waals surface area contributed by atoms with Gasteiger partial charge in [0.05, 0.1) is 11.1 Å². The monoisotopic (exact) mass is 390 g/mol. The van der Waals surface area contributed by atoms with Crippen molar-refractivity contribution in [1.82, 2.24) is 4.83 Å². The lowest BCUT2D eigenvalue weighted by Crippen LogP contribution is -2.18. The summed E-state index contributed by atoms with van der Waals surface area (Å²) in [5.74, 6) is 0. The minimum atomic E-state index is -3.70. The highest BCUT2D eigenvalue weighted by Crippen LogP contribution is 2.26. The number of sulfonamides is 1. The number of rotatable bonds is 6. The number of hydrazone groups is 1. The van der Waals surface area contributed by atoms with Crippen molar-refractivity contribution in [2.24, 2.45) is 5.10 Å². The van der Waals surface area contributed by atoms with Crippen LogP contribution in [0.2, 0.25) is 0 Å². The van der Waals surface area contributed by atoms with Gasteiger partial charge < -0.3 is 0 Å². The number of benzene rings is 3. The zero-order chi connectivity index (χ0) is 20.0. The third kappa shape index (κ3) is 4.75. The topological polar surface area (TPSA) is 58.5 Å². The minimum Gasteiger partial charge on any atom is -0.200 e. The third-order valence-electron chi connectivity index (χ3n) is 4.28. The average Bonchev–Trinajstić information content (AvgIpc) is 2.70. The number of allylic oxidation sites excluding steroid dienone is 1. The van der Waals surface area contributed by atoms with Crippen molar-refractivity contribution < 1.29 is 8.42 Å². The molecule has 0 fully saturated rings. The van der Waals surface area contributed by atoms with E-state index in [9.17, 15) is 8.42 Å². The van der Waals surface area contributed by atoms with Crippen LogP contribution in [0.4, 0.5) is 0 Å². The van der Waals surface area contributed by atoms with Gasteiger partial charge in [-0.3, -0.25) is 0 Å². The van der Waals surface area contributed by atoms with E-state index in [1.165, 1.54) is 0 Å². The highest BCUT2D eigenvalue weighted by Gasteiger charge is 2.12. The van der Waals surface area contributed by atoms with Gasteiger partial charge >= 0.3 is 0 Å². The van der Waals surface area contributed by atoms with Gasteiger partial charge in [0, 0.05) is 0 Å². The van der Waals surface area contributed by atoms with Crippen LogP contribution in [-0.4, -0.2) is 14.6 Å². The molecule has 0 saturated heterocycles. The smallest absolute Gasteiger partial charge is 0.200 e. The normalized spacial score (nSPS) is 11.4. The Hall–Kier alpha value is -3.18. The average molecular weight is 391 g/mol. The summed E-state index contributed by atoms with van der Waals surface area (Å²) in [6, 6.07) is 26.6. The maximum atomic E-state index is 12.4. The molecule has 4 nitrogen and oxygen atoms in total. The predicted molar refractivity (Wildman–Crippen MR) is 115 cm³/mol. The van der Waals surface area contributed by atoms with Crippen molar-refractivity contribution in [2.75, 3.05) is 0 Å². The molecule has 0 atom stereocenters. The summed E-state index contributed by atoms with van der Waals surface area (Å²) in [4.78, 5) is 2.47. The molecule has 3 rings (SSSR count). The molecule has 0 heterocycles. The highest BCUT2D eigenvalue weighted by molar-refractivity contribution is 7.89. The molecule has 0 bridgehead atoms. The van der Waals surface area contributed by atoms with Gasteiger partial charge in [0.1, 0.15) is 0 Å². The fourth-order valence-electron chi connectivity index (χ4n) is 2.86. The Kier molecular flexibility index (Phi) is 6.06. The minimum absolute atomic E-state index is 0.184. The second kappa shape index (κ2) is 8.67. The molecule has 0 saturated carbocycles. The summed E-state index contributed by atoms with van der Waals surface area (Å²) in [5.41, 5.74) is 4.93. The van der Waals surface area contributed by atoms with Crippen molar-refractivity contribution in [1.29, 1.82) is 0 Å². The van der Waals surface area contributed by atoms with Gasteiger partial charge in [-0.1, -0.05) is 78.4 Å². The molecule has 0 aliphatic carbocycles. The van der Waals surface area contributed by atoms with E-state index in [1.807, 2.05) is 74.5 Å². The Morgan fingerprint density at radius 1 is 0.821 bits per heavy atom. The van der Waals surface area contributed by atoms with Gasteiger partial charge in [-0.15, -0.1) is 0 Å². The summed E-state index contributed by atoms with van der Waals surface area (Å²) in [6.07, 6.45) is 1.54. The molecule has 28 heavy (non-hydrogen) atoms. The molecule has 0 radical (unpaired) electrons. The van der Waals surface area contributed by atoms with E-state index in [0.717, 1.165) is 27.8 Å². The van der Waals surface area contributed by atoms with E-state index in [1.54, 1.807) is 30.5 Å². The number of aryl methyl sites for hydroxylation is 1. The second-order valence-corrected chi connectivity index (χ2v) is 8.12. The first kappa shape index (κ1) is 19.6. The van der Waals surface area contributed by atoms with Gasteiger partial charge in [-0.05, 0) is 48.3 Å². The lowest BCUT2D eigenvalue weighted by atomic mass is 9.94. The first-order valence-corrected chi connectivity index (χ1v) is 10.4. The number of hydrogen-bond donors (Lipinski definition) is 1. The van der Waals surface area contributed by atoms with Crippen molar-refractivity contribution in [3.63, 3.8) is 0 Å². The maximum Gasteiger partial charge on any atom is 0.276 e. The van der Waals surface area contributed by atoms with E-state index in [0.29, 0.717) is 0 Å². The Balaban J connectivity index is 1.91. The van der Waals surface area contributed by atoms with Gasteiger partial charge in [0.2, 0.25) is 0 Å². The molecule has 3 aromatic rings. The van der Waals surface area contributed by atoms with Crippen LogP contribution in [0.15, 0.2) is 100 Å². The molecule has 0 aliphatic rings. The largest absolute Gasteiger partial charge is 0.276 e. The van der Waals surface area contributed by atoms with Gasteiger partial charge in [0.25, 0.3) is 10.0 Å². The summed E-state index contributed by atoms with van der Waals surface area (Å²) >= 11 is 0. The summed E-state index contributed by atoms with van der Waals surface area (Å²) in [7, 11) is -3.70. The van der Waals surface area contributed by atoms with E-state index < -0.39 is 10.0 Å². The number of nitrogens with one attached hydrogen (secondary N) is 1. The van der Waals surface area contributed by atoms with Crippen LogP contribution in [0.3, 0.4) is 0 Å². The van der Waals surface area contributed by atoms with Crippen LogP contribution in [0, 0.1) is 6.92 Å². The van der Waals surface area contributed by atoms with Crippen molar-refractivity contribution >= 4 is 21.8 Å². The molecule has 0 unspecified atom stereocenters. The molecule has 0 amide bonds. The van der Waals surface area contributed by atoms with Gasteiger partial charge in [0.15, 0.2) is 0 Å². The zero-order valence-electron chi connectivity index (χ0n) is 15.8. The lowest BCUT2D eigenvalue weighted by Gasteiger charge is -2.11. The maximum absolute atomic E-state index is 12.4. The van der Waals surface area contributed by atoms with Crippen LogP contribution in [0.5, 0.6) is 0 Å². The van der Waals surface area contributed by atoms with Crippen molar-refractivity contribution in [3.8, 4) is 0 Å². The van der Waals surface area contributed by atoms with Crippen LogP contribution >= 0.6 is 0 Å². The Bertz CT molecular complexity index is 1040. The van der Waals surface area contributed by atoms with Crippen LogP contribution in [0.25, 0.3) is 5.57 Å².